The van der Waals surface area contributed by atoms with Gasteiger partial charge in [0.2, 0.25) is 0 Å². The molecule has 21 heavy (non-hydrogen) atoms. The fourth-order valence-corrected chi connectivity index (χ4v) is 3.25. The van der Waals surface area contributed by atoms with Crippen LogP contribution in [-0.4, -0.2) is 13.2 Å². The first-order valence-corrected chi connectivity index (χ1v) is 7.60. The lowest BCUT2D eigenvalue weighted by atomic mass is 9.95. The Morgan fingerprint density at radius 2 is 1.81 bits per heavy atom. The van der Waals surface area contributed by atoms with E-state index in [1.165, 1.54) is 22.3 Å². The number of ether oxygens (including phenoxy) is 2. The van der Waals surface area contributed by atoms with Gasteiger partial charge in [0.15, 0.2) is 0 Å². The lowest BCUT2D eigenvalue weighted by Crippen LogP contribution is -2.08. The number of rotatable bonds is 2. The van der Waals surface area contributed by atoms with E-state index in [-0.39, 0.29) is 0 Å². The molecule has 0 fully saturated rings. The molecule has 0 bridgehead atoms. The number of hydrogen-bond acceptors (Lipinski definition) is 3. The van der Waals surface area contributed by atoms with Crippen LogP contribution in [0.25, 0.3) is 11.1 Å². The molecule has 2 aliphatic heterocycles. The summed E-state index contributed by atoms with van der Waals surface area (Å²) in [7, 11) is 0. The minimum Gasteiger partial charge on any atom is -0.493 e. The molecule has 0 aromatic heterocycles. The number of benzene rings is 2. The highest BCUT2D eigenvalue weighted by Gasteiger charge is 2.18. The normalized spacial score (nSPS) is 15.9. The standard InChI is InChI=1S/C18H19NO2/c19-11-16-10-15(9-14-5-7-21-18(14)16)12-3-4-17-13(8-12)2-1-6-20-17/h3-4,8-10H,1-2,5-7,11,19H2. The average Bonchev–Trinajstić information content (AvgIpc) is 3.02. The Bertz CT molecular complexity index is 694. The Kier molecular flexibility index (Phi) is 3.08. The number of nitrogens with two attached hydrogens (primary N) is 1. The summed E-state index contributed by atoms with van der Waals surface area (Å²) in [5.74, 6) is 2.04. The number of aryl methyl sites for hydroxylation is 1. The van der Waals surface area contributed by atoms with Crippen LogP contribution in [0.4, 0.5) is 0 Å². The van der Waals surface area contributed by atoms with Crippen LogP contribution in [-0.2, 0) is 19.4 Å². The third-order valence-electron chi connectivity index (χ3n) is 4.32. The first-order chi connectivity index (χ1) is 10.3. The van der Waals surface area contributed by atoms with E-state index in [4.69, 9.17) is 15.2 Å². The first kappa shape index (κ1) is 12.7. The van der Waals surface area contributed by atoms with Crippen LogP contribution in [0.5, 0.6) is 11.5 Å². The second-order valence-corrected chi connectivity index (χ2v) is 5.70. The SMILES string of the molecule is NCc1cc(-c2ccc3c(c2)CCCO3)cc2c1OCC2. The van der Waals surface area contributed by atoms with Crippen molar-refractivity contribution in [2.45, 2.75) is 25.8 Å². The molecule has 2 N–H and O–H groups in total. The molecule has 108 valence electrons. The molecule has 2 heterocycles. The molecule has 0 spiro atoms. The van der Waals surface area contributed by atoms with Crippen molar-refractivity contribution in [2.75, 3.05) is 13.2 Å². The lowest BCUT2D eigenvalue weighted by molar-refractivity contribution is 0.288. The average molecular weight is 281 g/mol. The van der Waals surface area contributed by atoms with Crippen LogP contribution in [0.2, 0.25) is 0 Å². The van der Waals surface area contributed by atoms with Crippen molar-refractivity contribution in [2.24, 2.45) is 5.73 Å². The Morgan fingerprint density at radius 1 is 0.905 bits per heavy atom. The predicted molar refractivity (Wildman–Crippen MR) is 82.8 cm³/mol. The molecule has 2 aliphatic rings. The molecule has 3 heteroatoms. The van der Waals surface area contributed by atoms with E-state index in [2.05, 4.69) is 30.3 Å². The van der Waals surface area contributed by atoms with Crippen LogP contribution < -0.4 is 15.2 Å². The summed E-state index contributed by atoms with van der Waals surface area (Å²) in [4.78, 5) is 0. The third-order valence-corrected chi connectivity index (χ3v) is 4.32. The molecule has 0 saturated heterocycles. The summed E-state index contributed by atoms with van der Waals surface area (Å²) in [6.07, 6.45) is 3.17. The summed E-state index contributed by atoms with van der Waals surface area (Å²) in [5, 5.41) is 0. The minimum atomic E-state index is 0.518. The summed E-state index contributed by atoms with van der Waals surface area (Å²) in [5.41, 5.74) is 12.0. The highest BCUT2D eigenvalue weighted by Crippen LogP contribution is 2.36. The van der Waals surface area contributed by atoms with Crippen molar-refractivity contribution in [3.63, 3.8) is 0 Å². The smallest absolute Gasteiger partial charge is 0.127 e. The Balaban J connectivity index is 1.80. The van der Waals surface area contributed by atoms with E-state index in [1.54, 1.807) is 0 Å². The van der Waals surface area contributed by atoms with Gasteiger partial charge in [0.05, 0.1) is 13.2 Å². The molecule has 4 rings (SSSR count). The highest BCUT2D eigenvalue weighted by molar-refractivity contribution is 5.70. The van der Waals surface area contributed by atoms with Crippen LogP contribution in [0.3, 0.4) is 0 Å². The van der Waals surface area contributed by atoms with E-state index in [0.717, 1.165) is 49.5 Å². The van der Waals surface area contributed by atoms with Gasteiger partial charge in [-0.1, -0.05) is 6.07 Å². The molecular weight excluding hydrogens is 262 g/mol. The van der Waals surface area contributed by atoms with Gasteiger partial charge in [-0.15, -0.1) is 0 Å². The topological polar surface area (TPSA) is 44.5 Å². The molecule has 2 aromatic rings. The Hall–Kier alpha value is -2.00. The van der Waals surface area contributed by atoms with Gasteiger partial charge in [0, 0.05) is 18.5 Å². The molecular formula is C18H19NO2. The van der Waals surface area contributed by atoms with Crippen LogP contribution in [0.1, 0.15) is 23.1 Å². The van der Waals surface area contributed by atoms with Crippen LogP contribution in [0, 0.1) is 0 Å². The molecule has 0 unspecified atom stereocenters. The first-order valence-electron chi connectivity index (χ1n) is 7.60. The Labute approximate surface area is 124 Å². The largest absolute Gasteiger partial charge is 0.493 e. The van der Waals surface area contributed by atoms with Gasteiger partial charge in [0.25, 0.3) is 0 Å². The summed E-state index contributed by atoms with van der Waals surface area (Å²) in [6.45, 7) is 2.12. The van der Waals surface area contributed by atoms with Crippen molar-refractivity contribution in [3.05, 3.63) is 47.0 Å². The number of hydrogen-bond donors (Lipinski definition) is 1. The summed E-state index contributed by atoms with van der Waals surface area (Å²) >= 11 is 0. The van der Waals surface area contributed by atoms with Crippen molar-refractivity contribution >= 4 is 0 Å². The van der Waals surface area contributed by atoms with Gasteiger partial charge < -0.3 is 15.2 Å². The molecule has 0 amide bonds. The molecule has 3 nitrogen and oxygen atoms in total. The van der Waals surface area contributed by atoms with E-state index in [1.807, 2.05) is 0 Å². The second kappa shape index (κ2) is 5.08. The van der Waals surface area contributed by atoms with Gasteiger partial charge in [-0.3, -0.25) is 0 Å². The van der Waals surface area contributed by atoms with Crippen LogP contribution in [0.15, 0.2) is 30.3 Å². The fourth-order valence-electron chi connectivity index (χ4n) is 3.25. The molecule has 0 aliphatic carbocycles. The maximum Gasteiger partial charge on any atom is 0.127 e. The highest BCUT2D eigenvalue weighted by atomic mass is 16.5. The summed E-state index contributed by atoms with van der Waals surface area (Å²) in [6, 6.07) is 10.9. The van der Waals surface area contributed by atoms with Crippen molar-refractivity contribution in [1.82, 2.24) is 0 Å². The quantitative estimate of drug-likeness (QED) is 0.920. The van der Waals surface area contributed by atoms with Gasteiger partial charge in [-0.25, -0.2) is 0 Å². The zero-order chi connectivity index (χ0) is 14.2. The molecule has 0 radical (unpaired) electrons. The lowest BCUT2D eigenvalue weighted by Gasteiger charge is -2.18. The van der Waals surface area contributed by atoms with Crippen molar-refractivity contribution in [3.8, 4) is 22.6 Å². The van der Waals surface area contributed by atoms with Gasteiger partial charge in [-0.2, -0.15) is 0 Å². The molecule has 2 aromatic carbocycles. The van der Waals surface area contributed by atoms with E-state index < -0.39 is 0 Å². The Morgan fingerprint density at radius 3 is 2.71 bits per heavy atom. The van der Waals surface area contributed by atoms with E-state index >= 15 is 0 Å². The molecule has 0 atom stereocenters. The van der Waals surface area contributed by atoms with Crippen LogP contribution >= 0.6 is 0 Å². The fraction of sp³-hybridized carbons (Fsp3) is 0.333. The maximum absolute atomic E-state index is 5.88. The van der Waals surface area contributed by atoms with E-state index in [0.29, 0.717) is 6.54 Å². The minimum absolute atomic E-state index is 0.518. The zero-order valence-corrected chi connectivity index (χ0v) is 12.0. The third kappa shape index (κ3) is 2.18. The monoisotopic (exact) mass is 281 g/mol. The van der Waals surface area contributed by atoms with Crippen molar-refractivity contribution < 1.29 is 9.47 Å². The molecule has 0 saturated carbocycles. The summed E-state index contributed by atoms with van der Waals surface area (Å²) < 4.78 is 11.4. The van der Waals surface area contributed by atoms with E-state index in [9.17, 15) is 0 Å². The zero-order valence-electron chi connectivity index (χ0n) is 12.0. The predicted octanol–water partition coefficient (Wildman–Crippen LogP) is 3.07. The maximum atomic E-state index is 5.88. The number of fused-ring (bicyclic) bond motifs is 2. The second-order valence-electron chi connectivity index (χ2n) is 5.70. The van der Waals surface area contributed by atoms with Crippen molar-refractivity contribution in [1.29, 1.82) is 0 Å². The van der Waals surface area contributed by atoms with Gasteiger partial charge in [-0.05, 0) is 59.4 Å². The van der Waals surface area contributed by atoms with Gasteiger partial charge in [0.1, 0.15) is 11.5 Å². The van der Waals surface area contributed by atoms with Gasteiger partial charge >= 0.3 is 0 Å².